The van der Waals surface area contributed by atoms with Gasteiger partial charge in [0.25, 0.3) is 0 Å². The quantitative estimate of drug-likeness (QED) is 0.663. The maximum Gasteiger partial charge on any atom is 0.220 e. The third-order valence-corrected chi connectivity index (χ3v) is 2.63. The highest BCUT2D eigenvalue weighted by Gasteiger charge is 2.15. The molecule has 20 heavy (non-hydrogen) atoms. The SMILES string of the molecule is CC(C)(C)CCOCCOCCNC(=O)CC(C)(C)C. The first-order valence-corrected chi connectivity index (χ1v) is 7.52. The Kier molecular flexibility index (Phi) is 9.06. The number of carbonyl (C=O) groups is 1. The molecule has 0 aliphatic carbocycles. The predicted molar refractivity (Wildman–Crippen MR) is 82.8 cm³/mol. The Morgan fingerprint density at radius 3 is 1.90 bits per heavy atom. The number of hydrogen-bond acceptors (Lipinski definition) is 3. The van der Waals surface area contributed by atoms with Gasteiger partial charge in [-0.25, -0.2) is 0 Å². The van der Waals surface area contributed by atoms with E-state index in [9.17, 15) is 4.79 Å². The standard InChI is InChI=1S/C16H33NO3/c1-15(2,3)7-9-19-11-12-20-10-8-17-14(18)13-16(4,5)6/h7-13H2,1-6H3,(H,17,18). The maximum atomic E-state index is 11.5. The summed E-state index contributed by atoms with van der Waals surface area (Å²) in [6.45, 7) is 15.8. The van der Waals surface area contributed by atoms with Crippen LogP contribution in [0.3, 0.4) is 0 Å². The fourth-order valence-electron chi connectivity index (χ4n) is 1.51. The number of rotatable bonds is 9. The minimum Gasteiger partial charge on any atom is -0.379 e. The highest BCUT2D eigenvalue weighted by molar-refractivity contribution is 5.76. The molecule has 0 aliphatic rings. The van der Waals surface area contributed by atoms with Crippen molar-refractivity contribution >= 4 is 5.91 Å². The van der Waals surface area contributed by atoms with E-state index >= 15 is 0 Å². The fraction of sp³-hybridized carbons (Fsp3) is 0.938. The Morgan fingerprint density at radius 2 is 1.40 bits per heavy atom. The Balaban J connectivity index is 3.31. The van der Waals surface area contributed by atoms with Crippen molar-refractivity contribution in [3.8, 4) is 0 Å². The van der Waals surface area contributed by atoms with E-state index in [1.807, 2.05) is 0 Å². The van der Waals surface area contributed by atoms with Crippen LogP contribution in [0.1, 0.15) is 54.4 Å². The molecule has 0 unspecified atom stereocenters. The van der Waals surface area contributed by atoms with Crippen LogP contribution in [0, 0.1) is 10.8 Å². The Morgan fingerprint density at radius 1 is 0.850 bits per heavy atom. The molecule has 0 atom stereocenters. The number of hydrogen-bond donors (Lipinski definition) is 1. The lowest BCUT2D eigenvalue weighted by atomic mass is 9.92. The van der Waals surface area contributed by atoms with Gasteiger partial charge in [0.1, 0.15) is 0 Å². The summed E-state index contributed by atoms with van der Waals surface area (Å²) in [6.07, 6.45) is 1.60. The monoisotopic (exact) mass is 287 g/mol. The zero-order valence-electron chi connectivity index (χ0n) is 14.2. The molecule has 0 rings (SSSR count). The second kappa shape index (κ2) is 9.35. The molecule has 0 radical (unpaired) electrons. The molecule has 1 N–H and O–H groups in total. The molecule has 4 heteroatoms. The second-order valence-corrected chi connectivity index (χ2v) is 7.62. The minimum atomic E-state index is 0.0336. The van der Waals surface area contributed by atoms with Crippen LogP contribution in [0.15, 0.2) is 0 Å². The van der Waals surface area contributed by atoms with Crippen LogP contribution in [-0.4, -0.2) is 38.9 Å². The van der Waals surface area contributed by atoms with Gasteiger partial charge in [0, 0.05) is 19.6 Å². The van der Waals surface area contributed by atoms with E-state index in [1.54, 1.807) is 0 Å². The summed E-state index contributed by atoms with van der Waals surface area (Å²) < 4.78 is 10.9. The molecule has 0 saturated carbocycles. The van der Waals surface area contributed by atoms with E-state index < -0.39 is 0 Å². The first-order valence-electron chi connectivity index (χ1n) is 7.52. The average Bonchev–Trinajstić information content (AvgIpc) is 2.22. The van der Waals surface area contributed by atoms with Crippen LogP contribution < -0.4 is 5.32 Å². The van der Waals surface area contributed by atoms with Crippen LogP contribution in [0.5, 0.6) is 0 Å². The van der Waals surface area contributed by atoms with Gasteiger partial charge in [-0.15, -0.1) is 0 Å². The first kappa shape index (κ1) is 19.4. The summed E-state index contributed by atoms with van der Waals surface area (Å²) >= 11 is 0. The molecule has 0 saturated heterocycles. The van der Waals surface area contributed by atoms with E-state index in [1.165, 1.54) is 0 Å². The van der Waals surface area contributed by atoms with Crippen LogP contribution in [0.4, 0.5) is 0 Å². The number of nitrogens with one attached hydrogen (secondary N) is 1. The molecular weight excluding hydrogens is 254 g/mol. The van der Waals surface area contributed by atoms with E-state index in [2.05, 4.69) is 46.9 Å². The zero-order chi connectivity index (χ0) is 15.6. The third-order valence-electron chi connectivity index (χ3n) is 2.63. The van der Waals surface area contributed by atoms with Crippen molar-refractivity contribution in [1.82, 2.24) is 5.32 Å². The van der Waals surface area contributed by atoms with E-state index in [0.29, 0.717) is 38.2 Å². The molecule has 0 aliphatic heterocycles. The average molecular weight is 287 g/mol. The Labute approximate surface area is 124 Å². The minimum absolute atomic E-state index is 0.0336. The lowest BCUT2D eigenvalue weighted by molar-refractivity contribution is -0.123. The molecular formula is C16H33NO3. The summed E-state index contributed by atoms with van der Waals surface area (Å²) in [5.41, 5.74) is 0.351. The molecule has 4 nitrogen and oxygen atoms in total. The topological polar surface area (TPSA) is 47.6 Å². The molecule has 0 bridgehead atoms. The van der Waals surface area contributed by atoms with Crippen LogP contribution >= 0.6 is 0 Å². The van der Waals surface area contributed by atoms with Crippen LogP contribution in [0.2, 0.25) is 0 Å². The van der Waals surface area contributed by atoms with Gasteiger partial charge in [-0.3, -0.25) is 4.79 Å². The summed E-state index contributed by atoms with van der Waals surface area (Å²) in [7, 11) is 0. The van der Waals surface area contributed by atoms with Gasteiger partial charge in [0.15, 0.2) is 0 Å². The lowest BCUT2D eigenvalue weighted by Crippen LogP contribution is -2.30. The summed E-state index contributed by atoms with van der Waals surface area (Å²) in [5.74, 6) is 0.0857. The zero-order valence-corrected chi connectivity index (χ0v) is 14.2. The molecule has 0 aromatic rings. The third kappa shape index (κ3) is 15.4. The van der Waals surface area contributed by atoms with Crippen molar-refractivity contribution in [3.05, 3.63) is 0 Å². The van der Waals surface area contributed by atoms with Crippen molar-refractivity contribution in [2.75, 3.05) is 33.0 Å². The van der Waals surface area contributed by atoms with Gasteiger partial charge in [-0.1, -0.05) is 41.5 Å². The van der Waals surface area contributed by atoms with Gasteiger partial charge < -0.3 is 14.8 Å². The van der Waals surface area contributed by atoms with Crippen molar-refractivity contribution in [2.24, 2.45) is 10.8 Å². The molecule has 0 heterocycles. The molecule has 1 amide bonds. The largest absolute Gasteiger partial charge is 0.379 e. The number of ether oxygens (including phenoxy) is 2. The van der Waals surface area contributed by atoms with Gasteiger partial charge in [-0.05, 0) is 17.3 Å². The van der Waals surface area contributed by atoms with Gasteiger partial charge >= 0.3 is 0 Å². The van der Waals surface area contributed by atoms with Crippen molar-refractivity contribution < 1.29 is 14.3 Å². The van der Waals surface area contributed by atoms with Crippen molar-refractivity contribution in [3.63, 3.8) is 0 Å². The van der Waals surface area contributed by atoms with E-state index in [-0.39, 0.29) is 11.3 Å². The summed E-state index contributed by atoms with van der Waals surface area (Å²) in [6, 6.07) is 0. The molecule has 120 valence electrons. The lowest BCUT2D eigenvalue weighted by Gasteiger charge is -2.18. The Bertz CT molecular complexity index is 264. The smallest absolute Gasteiger partial charge is 0.220 e. The fourth-order valence-corrected chi connectivity index (χ4v) is 1.51. The highest BCUT2D eigenvalue weighted by Crippen LogP contribution is 2.18. The van der Waals surface area contributed by atoms with Gasteiger partial charge in [0.05, 0.1) is 19.8 Å². The van der Waals surface area contributed by atoms with Crippen molar-refractivity contribution in [1.29, 1.82) is 0 Å². The number of amides is 1. The maximum absolute atomic E-state index is 11.5. The molecule has 0 aromatic heterocycles. The van der Waals surface area contributed by atoms with E-state index in [0.717, 1.165) is 13.0 Å². The van der Waals surface area contributed by atoms with Gasteiger partial charge in [0.2, 0.25) is 5.91 Å². The highest BCUT2D eigenvalue weighted by atomic mass is 16.5. The van der Waals surface area contributed by atoms with Crippen molar-refractivity contribution in [2.45, 2.75) is 54.4 Å². The summed E-state index contributed by atoms with van der Waals surface area (Å²) in [5, 5.41) is 2.86. The van der Waals surface area contributed by atoms with Gasteiger partial charge in [-0.2, -0.15) is 0 Å². The number of carbonyl (C=O) groups excluding carboxylic acids is 1. The molecule has 0 fully saturated rings. The van der Waals surface area contributed by atoms with Crippen LogP contribution in [0.25, 0.3) is 0 Å². The Hall–Kier alpha value is -0.610. The molecule has 0 aromatic carbocycles. The van der Waals surface area contributed by atoms with Crippen LogP contribution in [-0.2, 0) is 14.3 Å². The predicted octanol–water partition coefficient (Wildman–Crippen LogP) is 3.01. The second-order valence-electron chi connectivity index (χ2n) is 7.62. The first-order chi connectivity index (χ1) is 9.10. The molecule has 0 spiro atoms. The normalized spacial score (nSPS) is 12.5. The summed E-state index contributed by atoms with van der Waals surface area (Å²) in [4.78, 5) is 11.5. The van der Waals surface area contributed by atoms with E-state index in [4.69, 9.17) is 9.47 Å².